The zero-order valence-electron chi connectivity index (χ0n) is 10.1. The number of hydrogen-bond acceptors (Lipinski definition) is 4. The number of esters is 1. The number of rotatable bonds is 3. The molecule has 0 saturated heterocycles. The topological polar surface area (TPSA) is 39.2 Å². The van der Waals surface area contributed by atoms with Crippen LogP contribution in [0.3, 0.4) is 0 Å². The summed E-state index contributed by atoms with van der Waals surface area (Å²) in [4.78, 5) is 16.5. The zero-order valence-corrected chi connectivity index (χ0v) is 10.9. The van der Waals surface area contributed by atoms with Crippen molar-refractivity contribution in [3.63, 3.8) is 0 Å². The first-order valence-corrected chi connectivity index (χ1v) is 6.34. The normalized spacial score (nSPS) is 10.4. The Morgan fingerprint density at radius 1 is 1.44 bits per heavy atom. The van der Waals surface area contributed by atoms with Gasteiger partial charge in [-0.15, -0.1) is 11.3 Å². The summed E-state index contributed by atoms with van der Waals surface area (Å²) in [6.45, 7) is 3.84. The number of hydrogen-bond donors (Lipinski definition) is 0. The van der Waals surface area contributed by atoms with Crippen molar-refractivity contribution in [3.05, 3.63) is 40.0 Å². The van der Waals surface area contributed by atoms with Crippen LogP contribution in [0.4, 0.5) is 4.39 Å². The molecule has 2 aromatic rings. The van der Waals surface area contributed by atoms with Crippen LogP contribution in [0.2, 0.25) is 0 Å². The number of carbonyl (C=O) groups is 1. The minimum atomic E-state index is -0.465. The average molecular weight is 265 g/mol. The van der Waals surface area contributed by atoms with Gasteiger partial charge in [0.1, 0.15) is 5.82 Å². The molecule has 0 aliphatic heterocycles. The molecule has 3 nitrogen and oxygen atoms in total. The fourth-order valence-corrected chi connectivity index (χ4v) is 2.40. The van der Waals surface area contributed by atoms with Crippen LogP contribution in [0.25, 0.3) is 11.3 Å². The van der Waals surface area contributed by atoms with Crippen LogP contribution in [0.15, 0.2) is 24.3 Å². The Labute approximate surface area is 108 Å². The minimum Gasteiger partial charge on any atom is -0.461 e. The van der Waals surface area contributed by atoms with Gasteiger partial charge < -0.3 is 4.74 Å². The Kier molecular flexibility index (Phi) is 3.72. The van der Waals surface area contributed by atoms with Crippen molar-refractivity contribution in [3.8, 4) is 11.3 Å². The van der Waals surface area contributed by atoms with Crippen LogP contribution < -0.4 is 0 Å². The maximum atomic E-state index is 13.7. The summed E-state index contributed by atoms with van der Waals surface area (Å²) in [5.74, 6) is -0.811. The van der Waals surface area contributed by atoms with Crippen molar-refractivity contribution in [2.45, 2.75) is 13.8 Å². The van der Waals surface area contributed by atoms with E-state index >= 15 is 0 Å². The molecule has 0 N–H and O–H groups in total. The standard InChI is InChI=1S/C13H12FNO2S/c1-3-17-13(16)12-15-11(8(2)18-12)9-6-4-5-7-10(9)14/h4-7H,3H2,1-2H3. The van der Waals surface area contributed by atoms with Gasteiger partial charge >= 0.3 is 5.97 Å². The Morgan fingerprint density at radius 2 is 2.17 bits per heavy atom. The summed E-state index contributed by atoms with van der Waals surface area (Å²) in [5, 5.41) is 0.257. The van der Waals surface area contributed by atoms with Gasteiger partial charge in [0.25, 0.3) is 0 Å². The fourth-order valence-electron chi connectivity index (χ4n) is 1.58. The predicted octanol–water partition coefficient (Wildman–Crippen LogP) is 3.43. The van der Waals surface area contributed by atoms with Crippen molar-refractivity contribution in [2.24, 2.45) is 0 Å². The lowest BCUT2D eigenvalue weighted by Gasteiger charge is -1.99. The molecule has 94 valence electrons. The highest BCUT2D eigenvalue weighted by atomic mass is 32.1. The highest BCUT2D eigenvalue weighted by Crippen LogP contribution is 2.29. The molecule has 0 radical (unpaired) electrons. The molecule has 0 aliphatic rings. The third-order valence-corrected chi connectivity index (χ3v) is 3.33. The van der Waals surface area contributed by atoms with E-state index in [0.717, 1.165) is 4.88 Å². The lowest BCUT2D eigenvalue weighted by molar-refractivity contribution is 0.0526. The number of ether oxygens (including phenoxy) is 1. The van der Waals surface area contributed by atoms with Gasteiger partial charge in [-0.1, -0.05) is 12.1 Å². The fraction of sp³-hybridized carbons (Fsp3) is 0.231. The molecule has 0 saturated carbocycles. The Morgan fingerprint density at radius 3 is 2.83 bits per heavy atom. The molecule has 0 aliphatic carbocycles. The summed E-state index contributed by atoms with van der Waals surface area (Å²) in [5.41, 5.74) is 0.906. The second kappa shape index (κ2) is 5.27. The first-order valence-electron chi connectivity index (χ1n) is 5.53. The second-order valence-electron chi connectivity index (χ2n) is 3.62. The summed E-state index contributed by atoms with van der Waals surface area (Å²) >= 11 is 1.21. The summed E-state index contributed by atoms with van der Waals surface area (Å²) < 4.78 is 18.5. The van der Waals surface area contributed by atoms with E-state index in [1.54, 1.807) is 25.1 Å². The van der Waals surface area contributed by atoms with Gasteiger partial charge in [-0.05, 0) is 26.0 Å². The molecule has 0 fully saturated rings. The summed E-state index contributed by atoms with van der Waals surface area (Å²) in [6.07, 6.45) is 0. The molecule has 1 heterocycles. The Bertz CT molecular complexity index is 580. The van der Waals surface area contributed by atoms with Crippen molar-refractivity contribution in [1.82, 2.24) is 4.98 Å². The highest BCUT2D eigenvalue weighted by molar-refractivity contribution is 7.13. The lowest BCUT2D eigenvalue weighted by atomic mass is 10.1. The van der Waals surface area contributed by atoms with Gasteiger partial charge in [0, 0.05) is 10.4 Å². The van der Waals surface area contributed by atoms with Crippen molar-refractivity contribution < 1.29 is 13.9 Å². The summed E-state index contributed by atoms with van der Waals surface area (Å²) in [7, 11) is 0. The number of halogens is 1. The van der Waals surface area contributed by atoms with E-state index < -0.39 is 5.97 Å². The van der Waals surface area contributed by atoms with Crippen LogP contribution in [0.1, 0.15) is 21.6 Å². The van der Waals surface area contributed by atoms with Crippen LogP contribution in [0, 0.1) is 12.7 Å². The molecule has 18 heavy (non-hydrogen) atoms. The molecular formula is C13H12FNO2S. The highest BCUT2D eigenvalue weighted by Gasteiger charge is 2.18. The molecule has 0 amide bonds. The van der Waals surface area contributed by atoms with E-state index in [9.17, 15) is 9.18 Å². The van der Waals surface area contributed by atoms with E-state index in [-0.39, 0.29) is 10.8 Å². The van der Waals surface area contributed by atoms with E-state index in [1.807, 2.05) is 6.92 Å². The van der Waals surface area contributed by atoms with E-state index in [4.69, 9.17) is 4.74 Å². The van der Waals surface area contributed by atoms with E-state index in [2.05, 4.69) is 4.98 Å². The third kappa shape index (κ3) is 2.41. The van der Waals surface area contributed by atoms with E-state index in [1.165, 1.54) is 17.4 Å². The second-order valence-corrected chi connectivity index (χ2v) is 4.83. The van der Waals surface area contributed by atoms with Crippen LogP contribution >= 0.6 is 11.3 Å². The molecule has 1 aromatic carbocycles. The van der Waals surface area contributed by atoms with Gasteiger partial charge in [-0.25, -0.2) is 14.2 Å². The third-order valence-electron chi connectivity index (χ3n) is 2.38. The number of aryl methyl sites for hydroxylation is 1. The number of carbonyl (C=O) groups excluding carboxylic acids is 1. The van der Waals surface area contributed by atoms with Crippen molar-refractivity contribution >= 4 is 17.3 Å². The number of nitrogens with zero attached hydrogens (tertiary/aromatic N) is 1. The maximum Gasteiger partial charge on any atom is 0.367 e. The molecule has 2 rings (SSSR count). The number of thiazole rings is 1. The first kappa shape index (κ1) is 12.7. The van der Waals surface area contributed by atoms with Crippen LogP contribution in [-0.2, 0) is 4.74 Å². The van der Waals surface area contributed by atoms with Gasteiger partial charge in [-0.2, -0.15) is 0 Å². The first-order chi connectivity index (χ1) is 8.63. The molecule has 0 bridgehead atoms. The quantitative estimate of drug-likeness (QED) is 0.798. The number of aromatic nitrogens is 1. The van der Waals surface area contributed by atoms with Gasteiger partial charge in [-0.3, -0.25) is 0 Å². The predicted molar refractivity (Wildman–Crippen MR) is 68.2 cm³/mol. The van der Waals surface area contributed by atoms with Gasteiger partial charge in [0.15, 0.2) is 0 Å². The molecule has 0 unspecified atom stereocenters. The summed E-state index contributed by atoms with van der Waals surface area (Å²) in [6, 6.07) is 6.37. The molecule has 1 aromatic heterocycles. The molecule has 0 spiro atoms. The number of benzene rings is 1. The SMILES string of the molecule is CCOC(=O)c1nc(-c2ccccc2F)c(C)s1. The van der Waals surface area contributed by atoms with Crippen LogP contribution in [0.5, 0.6) is 0 Å². The van der Waals surface area contributed by atoms with Gasteiger partial charge in [0.05, 0.1) is 12.3 Å². The monoisotopic (exact) mass is 265 g/mol. The largest absolute Gasteiger partial charge is 0.461 e. The molecule has 5 heteroatoms. The minimum absolute atomic E-state index is 0.257. The molecule has 0 atom stereocenters. The zero-order chi connectivity index (χ0) is 13.1. The van der Waals surface area contributed by atoms with Crippen molar-refractivity contribution in [2.75, 3.05) is 6.61 Å². The average Bonchev–Trinajstić information content (AvgIpc) is 2.72. The van der Waals surface area contributed by atoms with Crippen molar-refractivity contribution in [1.29, 1.82) is 0 Å². The lowest BCUT2D eigenvalue weighted by Crippen LogP contribution is -2.03. The van der Waals surface area contributed by atoms with Gasteiger partial charge in [0.2, 0.25) is 5.01 Å². The smallest absolute Gasteiger partial charge is 0.367 e. The maximum absolute atomic E-state index is 13.7. The Balaban J connectivity index is 2.42. The molecular weight excluding hydrogens is 253 g/mol. The van der Waals surface area contributed by atoms with E-state index in [0.29, 0.717) is 17.9 Å². The van der Waals surface area contributed by atoms with Crippen LogP contribution in [-0.4, -0.2) is 17.6 Å². The Hall–Kier alpha value is -1.75.